The van der Waals surface area contributed by atoms with Crippen molar-refractivity contribution < 1.29 is 13.5 Å². The van der Waals surface area contributed by atoms with E-state index in [1.165, 1.54) is 18.5 Å². The average molecular weight is 309 g/mol. The Morgan fingerprint density at radius 3 is 2.75 bits per heavy atom. The van der Waals surface area contributed by atoms with Crippen molar-refractivity contribution in [1.82, 2.24) is 9.71 Å². The minimum Gasteiger partial charge on any atom is -0.395 e. The van der Waals surface area contributed by atoms with E-state index in [1.807, 2.05) is 0 Å². The van der Waals surface area contributed by atoms with E-state index in [0.29, 0.717) is 10.9 Å². The van der Waals surface area contributed by atoms with Gasteiger partial charge in [0.1, 0.15) is 4.90 Å². The molecule has 1 rings (SSSR count). The topological polar surface area (TPSA) is 79.3 Å². The van der Waals surface area contributed by atoms with E-state index in [1.54, 1.807) is 6.92 Å². The molecular formula is C9H13BrN2O3S. The molecule has 0 fully saturated rings. The highest BCUT2D eigenvalue weighted by atomic mass is 79.9. The summed E-state index contributed by atoms with van der Waals surface area (Å²) in [6, 6.07) is 0.989. The zero-order chi connectivity index (χ0) is 12.2. The molecule has 0 aliphatic carbocycles. The van der Waals surface area contributed by atoms with Crippen LogP contribution in [0.15, 0.2) is 27.8 Å². The van der Waals surface area contributed by atoms with Crippen molar-refractivity contribution in [2.75, 3.05) is 6.61 Å². The van der Waals surface area contributed by atoms with Crippen molar-refractivity contribution in [3.8, 4) is 0 Å². The number of aromatic nitrogens is 1. The van der Waals surface area contributed by atoms with E-state index in [2.05, 4.69) is 25.6 Å². The van der Waals surface area contributed by atoms with Gasteiger partial charge in [0, 0.05) is 22.9 Å². The summed E-state index contributed by atoms with van der Waals surface area (Å²) in [6.07, 6.45) is 3.29. The molecule has 0 aromatic carbocycles. The molecule has 5 nitrogen and oxygen atoms in total. The van der Waals surface area contributed by atoms with Gasteiger partial charge < -0.3 is 5.11 Å². The maximum absolute atomic E-state index is 11.8. The van der Waals surface area contributed by atoms with Crippen LogP contribution in [-0.2, 0) is 10.0 Å². The number of hydrogen-bond acceptors (Lipinski definition) is 4. The monoisotopic (exact) mass is 308 g/mol. The summed E-state index contributed by atoms with van der Waals surface area (Å²) in [7, 11) is -3.61. The normalized spacial score (nSPS) is 13.7. The molecule has 1 aromatic rings. The van der Waals surface area contributed by atoms with Gasteiger partial charge in [-0.15, -0.1) is 0 Å². The predicted octanol–water partition coefficient (Wildman–Crippen LogP) is 0.893. The summed E-state index contributed by atoms with van der Waals surface area (Å²) in [5.74, 6) is 0. The van der Waals surface area contributed by atoms with Crippen LogP contribution in [0, 0.1) is 0 Å². The van der Waals surface area contributed by atoms with Gasteiger partial charge in [-0.05, 0) is 28.4 Å². The second-order valence-corrected chi connectivity index (χ2v) is 5.88. The SMILES string of the molecule is CC[C@H](CO)NS(=O)(=O)c1cncc(Br)c1. The number of aliphatic hydroxyl groups is 1. The molecule has 2 N–H and O–H groups in total. The Morgan fingerprint density at radius 2 is 2.25 bits per heavy atom. The van der Waals surface area contributed by atoms with Crippen LogP contribution in [0.1, 0.15) is 13.3 Å². The van der Waals surface area contributed by atoms with Crippen LogP contribution in [-0.4, -0.2) is 31.2 Å². The number of halogens is 1. The second-order valence-electron chi connectivity index (χ2n) is 3.25. The molecule has 0 spiro atoms. The minimum absolute atomic E-state index is 0.0776. The molecule has 1 atom stereocenters. The maximum atomic E-state index is 11.8. The van der Waals surface area contributed by atoms with E-state index in [4.69, 9.17) is 5.11 Å². The first-order chi connectivity index (χ1) is 7.49. The van der Waals surface area contributed by atoms with Crippen LogP contribution in [0.2, 0.25) is 0 Å². The highest BCUT2D eigenvalue weighted by molar-refractivity contribution is 9.10. The van der Waals surface area contributed by atoms with E-state index < -0.39 is 16.1 Å². The van der Waals surface area contributed by atoms with E-state index in [-0.39, 0.29) is 11.5 Å². The summed E-state index contributed by atoms with van der Waals surface area (Å²) in [5, 5.41) is 8.94. The standard InChI is InChI=1S/C9H13BrN2O3S/c1-2-8(6-13)12-16(14,15)9-3-7(10)4-11-5-9/h3-5,8,12-13H,2,6H2,1H3/t8-/m1/s1. The molecule has 1 heterocycles. The number of rotatable bonds is 5. The molecule has 0 aliphatic heterocycles. The van der Waals surface area contributed by atoms with Gasteiger partial charge in [-0.2, -0.15) is 0 Å². The first-order valence-corrected chi connectivity index (χ1v) is 7.01. The third kappa shape index (κ3) is 3.51. The van der Waals surface area contributed by atoms with Crippen LogP contribution >= 0.6 is 15.9 Å². The molecule has 0 amide bonds. The number of nitrogens with one attached hydrogen (secondary N) is 1. The van der Waals surface area contributed by atoms with Crippen molar-refractivity contribution in [2.45, 2.75) is 24.3 Å². The molecule has 0 aliphatic rings. The average Bonchev–Trinajstić information content (AvgIpc) is 2.26. The fourth-order valence-corrected chi connectivity index (χ4v) is 2.89. The highest BCUT2D eigenvalue weighted by Gasteiger charge is 2.18. The lowest BCUT2D eigenvalue weighted by atomic mass is 10.3. The summed E-state index contributed by atoms with van der Waals surface area (Å²) >= 11 is 3.15. The molecule has 0 radical (unpaired) electrons. The number of aliphatic hydroxyl groups excluding tert-OH is 1. The van der Waals surface area contributed by atoms with Crippen molar-refractivity contribution in [2.24, 2.45) is 0 Å². The lowest BCUT2D eigenvalue weighted by Crippen LogP contribution is -2.36. The summed E-state index contributed by atoms with van der Waals surface area (Å²) in [4.78, 5) is 3.86. The molecular weight excluding hydrogens is 296 g/mol. The number of pyridine rings is 1. The Labute approximate surface area is 103 Å². The molecule has 16 heavy (non-hydrogen) atoms. The van der Waals surface area contributed by atoms with Gasteiger partial charge in [0.15, 0.2) is 0 Å². The lowest BCUT2D eigenvalue weighted by molar-refractivity contribution is 0.254. The zero-order valence-electron chi connectivity index (χ0n) is 8.72. The van der Waals surface area contributed by atoms with Crippen LogP contribution < -0.4 is 4.72 Å². The molecule has 0 unspecified atom stereocenters. The van der Waals surface area contributed by atoms with Gasteiger partial charge in [-0.25, -0.2) is 13.1 Å². The van der Waals surface area contributed by atoms with Crippen LogP contribution in [0.3, 0.4) is 0 Å². The van der Waals surface area contributed by atoms with Gasteiger partial charge in [-0.1, -0.05) is 6.92 Å². The fourth-order valence-electron chi connectivity index (χ4n) is 1.08. The minimum atomic E-state index is -3.61. The quantitative estimate of drug-likeness (QED) is 0.847. The Bertz CT molecular complexity index is 446. The smallest absolute Gasteiger partial charge is 0.242 e. The zero-order valence-corrected chi connectivity index (χ0v) is 11.1. The molecule has 0 saturated carbocycles. The Morgan fingerprint density at radius 1 is 1.56 bits per heavy atom. The molecule has 0 bridgehead atoms. The first-order valence-electron chi connectivity index (χ1n) is 4.73. The van der Waals surface area contributed by atoms with Gasteiger partial charge in [-0.3, -0.25) is 4.98 Å². The number of sulfonamides is 1. The van der Waals surface area contributed by atoms with Crippen LogP contribution in [0.5, 0.6) is 0 Å². The molecule has 0 saturated heterocycles. The summed E-state index contributed by atoms with van der Waals surface area (Å²) in [6.45, 7) is 1.57. The Balaban J connectivity index is 2.94. The van der Waals surface area contributed by atoms with Gasteiger partial charge in [0.25, 0.3) is 0 Å². The molecule has 7 heteroatoms. The second kappa shape index (κ2) is 5.72. The van der Waals surface area contributed by atoms with Crippen molar-refractivity contribution in [1.29, 1.82) is 0 Å². The summed E-state index contributed by atoms with van der Waals surface area (Å²) < 4.78 is 26.6. The van der Waals surface area contributed by atoms with Gasteiger partial charge >= 0.3 is 0 Å². The van der Waals surface area contributed by atoms with Crippen molar-refractivity contribution in [3.63, 3.8) is 0 Å². The van der Waals surface area contributed by atoms with Crippen LogP contribution in [0.4, 0.5) is 0 Å². The largest absolute Gasteiger partial charge is 0.395 e. The predicted molar refractivity (Wildman–Crippen MR) is 63.4 cm³/mol. The fraction of sp³-hybridized carbons (Fsp3) is 0.444. The van der Waals surface area contributed by atoms with E-state index in [9.17, 15) is 8.42 Å². The van der Waals surface area contributed by atoms with Gasteiger partial charge in [0.2, 0.25) is 10.0 Å². The lowest BCUT2D eigenvalue weighted by Gasteiger charge is -2.14. The van der Waals surface area contributed by atoms with Crippen LogP contribution in [0.25, 0.3) is 0 Å². The Kier molecular flexibility index (Phi) is 4.85. The van der Waals surface area contributed by atoms with E-state index >= 15 is 0 Å². The van der Waals surface area contributed by atoms with Gasteiger partial charge in [0.05, 0.1) is 6.61 Å². The number of nitrogens with zero attached hydrogens (tertiary/aromatic N) is 1. The third-order valence-corrected chi connectivity index (χ3v) is 3.95. The first kappa shape index (κ1) is 13.6. The molecule has 1 aromatic heterocycles. The number of hydrogen-bond donors (Lipinski definition) is 2. The van der Waals surface area contributed by atoms with Crippen molar-refractivity contribution in [3.05, 3.63) is 22.9 Å². The Hall–Kier alpha value is -0.500. The summed E-state index contributed by atoms with van der Waals surface area (Å²) in [5.41, 5.74) is 0. The maximum Gasteiger partial charge on any atom is 0.242 e. The van der Waals surface area contributed by atoms with Crippen molar-refractivity contribution >= 4 is 26.0 Å². The third-order valence-electron chi connectivity index (χ3n) is 2.03. The highest BCUT2D eigenvalue weighted by Crippen LogP contribution is 2.14. The van der Waals surface area contributed by atoms with E-state index in [0.717, 1.165) is 0 Å². The molecule has 90 valence electrons.